The third-order valence-corrected chi connectivity index (χ3v) is 7.54. The van der Waals surface area contributed by atoms with E-state index in [2.05, 4.69) is 35.0 Å². The van der Waals surface area contributed by atoms with E-state index in [0.717, 1.165) is 34.9 Å². The average molecular weight is 607 g/mol. The lowest BCUT2D eigenvalue weighted by Crippen LogP contribution is -2.29. The molecule has 1 amide bonds. The number of thioether (sulfide) groups is 1. The Morgan fingerprint density at radius 2 is 1.84 bits per heavy atom. The summed E-state index contributed by atoms with van der Waals surface area (Å²) >= 11 is 10.4. The van der Waals surface area contributed by atoms with Crippen molar-refractivity contribution in [1.29, 1.82) is 0 Å². The van der Waals surface area contributed by atoms with Crippen molar-refractivity contribution in [3.63, 3.8) is 0 Å². The number of carbonyl (C=O) groups excluding carboxylic acids is 2. The number of rotatable bonds is 13. The minimum absolute atomic E-state index is 0.103. The van der Waals surface area contributed by atoms with Crippen molar-refractivity contribution in [2.24, 2.45) is 0 Å². The number of ether oxygens (including phenoxy) is 3. The number of thiocarbonyl (C=S) groups is 1. The van der Waals surface area contributed by atoms with Crippen molar-refractivity contribution in [3.05, 3.63) is 62.5 Å². The van der Waals surface area contributed by atoms with Gasteiger partial charge in [-0.1, -0.05) is 60.2 Å². The molecule has 0 radical (unpaired) electrons. The molecule has 1 aliphatic rings. The van der Waals surface area contributed by atoms with Gasteiger partial charge in [-0.15, -0.1) is 0 Å². The Balaban J connectivity index is 1.65. The fourth-order valence-electron chi connectivity index (χ4n) is 3.71. The number of nitrogens with zero attached hydrogens (tertiary/aromatic N) is 1. The molecule has 198 valence electrons. The Bertz CT molecular complexity index is 1150. The minimum Gasteiger partial charge on any atom is -0.490 e. The molecule has 0 unspecified atom stereocenters. The van der Waals surface area contributed by atoms with Gasteiger partial charge in [0.1, 0.15) is 10.9 Å². The van der Waals surface area contributed by atoms with E-state index in [-0.39, 0.29) is 11.9 Å². The van der Waals surface area contributed by atoms with Gasteiger partial charge >= 0.3 is 5.97 Å². The Hall–Kier alpha value is -2.36. The molecule has 0 spiro atoms. The van der Waals surface area contributed by atoms with Crippen LogP contribution in [0.4, 0.5) is 0 Å². The molecule has 0 atom stereocenters. The molecule has 1 fully saturated rings. The van der Waals surface area contributed by atoms with E-state index in [1.807, 2.05) is 37.3 Å². The lowest BCUT2D eigenvalue weighted by Gasteiger charge is -2.15. The average Bonchev–Trinajstić information content (AvgIpc) is 3.12. The second kappa shape index (κ2) is 14.5. The maximum atomic E-state index is 13.0. The smallest absolute Gasteiger partial charge is 0.305 e. The maximum Gasteiger partial charge on any atom is 0.305 e. The Labute approximate surface area is 236 Å². The monoisotopic (exact) mass is 605 g/mol. The number of unbranched alkanes of at least 4 members (excludes halogenated alkanes) is 2. The van der Waals surface area contributed by atoms with Crippen molar-refractivity contribution >= 4 is 62.2 Å². The van der Waals surface area contributed by atoms with Crippen molar-refractivity contribution < 1.29 is 23.8 Å². The van der Waals surface area contributed by atoms with Crippen LogP contribution in [0.3, 0.4) is 0 Å². The van der Waals surface area contributed by atoms with Crippen molar-refractivity contribution in [2.45, 2.75) is 53.1 Å². The first-order chi connectivity index (χ1) is 17.8. The van der Waals surface area contributed by atoms with Crippen molar-refractivity contribution in [1.82, 2.24) is 4.90 Å². The first-order valence-electron chi connectivity index (χ1n) is 12.4. The Morgan fingerprint density at radius 1 is 1.08 bits per heavy atom. The maximum absolute atomic E-state index is 13.0. The number of amides is 1. The molecule has 9 heteroatoms. The minimum atomic E-state index is -0.180. The number of halogens is 1. The largest absolute Gasteiger partial charge is 0.490 e. The van der Waals surface area contributed by atoms with Crippen molar-refractivity contribution in [3.8, 4) is 11.5 Å². The number of aryl methyl sites for hydroxylation is 1. The number of carbonyl (C=O) groups is 2. The molecule has 1 heterocycles. The first kappa shape index (κ1) is 29.2. The van der Waals surface area contributed by atoms with E-state index < -0.39 is 0 Å². The quantitative estimate of drug-likeness (QED) is 0.105. The summed E-state index contributed by atoms with van der Waals surface area (Å²) in [6, 6.07) is 12.0. The van der Waals surface area contributed by atoms with Gasteiger partial charge in [0.15, 0.2) is 11.5 Å². The number of benzene rings is 2. The van der Waals surface area contributed by atoms with Gasteiger partial charge in [-0.05, 0) is 78.9 Å². The second-order valence-corrected chi connectivity index (χ2v) is 11.0. The van der Waals surface area contributed by atoms with Gasteiger partial charge in [0.05, 0.1) is 22.6 Å². The lowest BCUT2D eigenvalue weighted by atomic mass is 10.1. The lowest BCUT2D eigenvalue weighted by molar-refractivity contribution is -0.143. The number of hydrogen-bond donors (Lipinski definition) is 0. The molecule has 1 saturated heterocycles. The van der Waals surface area contributed by atoms with Gasteiger partial charge in [0, 0.05) is 13.0 Å². The van der Waals surface area contributed by atoms with Crippen LogP contribution in [0.2, 0.25) is 0 Å². The molecule has 0 aliphatic carbocycles. The van der Waals surface area contributed by atoms with Crippen LogP contribution in [0.5, 0.6) is 11.5 Å². The van der Waals surface area contributed by atoms with Crippen LogP contribution in [-0.2, 0) is 20.9 Å². The highest BCUT2D eigenvalue weighted by Crippen LogP contribution is 2.40. The first-order valence-corrected chi connectivity index (χ1v) is 14.4. The van der Waals surface area contributed by atoms with Gasteiger partial charge in [-0.3, -0.25) is 14.5 Å². The van der Waals surface area contributed by atoms with Crippen LogP contribution in [0, 0.1) is 6.92 Å². The summed E-state index contributed by atoms with van der Waals surface area (Å²) in [5, 5.41) is 0. The van der Waals surface area contributed by atoms with Gasteiger partial charge in [0.25, 0.3) is 5.91 Å². The highest BCUT2D eigenvalue weighted by molar-refractivity contribution is 9.10. The summed E-state index contributed by atoms with van der Waals surface area (Å²) in [5.74, 6) is 0.941. The molecule has 1 aliphatic heterocycles. The SMILES string of the molecule is CCOC(=O)CCCCCN1C(=O)/C(=C/c2cc(Br)c(OCc3ccc(C)cc3)c(OCC)c2)SC1=S. The summed E-state index contributed by atoms with van der Waals surface area (Å²) in [7, 11) is 0. The molecule has 2 aromatic rings. The van der Waals surface area contributed by atoms with Gasteiger partial charge in [-0.2, -0.15) is 0 Å². The van der Waals surface area contributed by atoms with Crippen LogP contribution >= 0.6 is 39.9 Å². The zero-order chi connectivity index (χ0) is 26.8. The van der Waals surface area contributed by atoms with E-state index in [1.165, 1.54) is 17.3 Å². The van der Waals surface area contributed by atoms with Crippen LogP contribution in [0.15, 0.2) is 45.8 Å². The molecule has 0 bridgehead atoms. The van der Waals surface area contributed by atoms with Crippen LogP contribution < -0.4 is 9.47 Å². The Morgan fingerprint density at radius 3 is 2.54 bits per heavy atom. The predicted molar refractivity (Wildman–Crippen MR) is 156 cm³/mol. The summed E-state index contributed by atoms with van der Waals surface area (Å²) in [6.45, 7) is 7.59. The highest BCUT2D eigenvalue weighted by Gasteiger charge is 2.31. The topological polar surface area (TPSA) is 65.1 Å². The van der Waals surface area contributed by atoms with Gasteiger partial charge in [0.2, 0.25) is 0 Å². The van der Waals surface area contributed by atoms with Crippen LogP contribution in [-0.4, -0.2) is 40.9 Å². The van der Waals surface area contributed by atoms with Crippen molar-refractivity contribution in [2.75, 3.05) is 19.8 Å². The molecule has 0 N–H and O–H groups in total. The summed E-state index contributed by atoms with van der Waals surface area (Å²) in [4.78, 5) is 26.7. The normalized spacial score (nSPS) is 14.4. The van der Waals surface area contributed by atoms with E-state index in [9.17, 15) is 9.59 Å². The molecule has 0 aromatic heterocycles. The zero-order valence-electron chi connectivity index (χ0n) is 21.4. The molecule has 6 nitrogen and oxygen atoms in total. The van der Waals surface area contributed by atoms with E-state index in [0.29, 0.717) is 53.5 Å². The summed E-state index contributed by atoms with van der Waals surface area (Å²) in [6.07, 6.45) is 4.55. The molecule has 37 heavy (non-hydrogen) atoms. The Kier molecular flexibility index (Phi) is 11.5. The predicted octanol–water partition coefficient (Wildman–Crippen LogP) is 7.06. The zero-order valence-corrected chi connectivity index (χ0v) is 24.6. The third-order valence-electron chi connectivity index (χ3n) is 5.57. The third kappa shape index (κ3) is 8.58. The van der Waals surface area contributed by atoms with E-state index in [4.69, 9.17) is 26.4 Å². The second-order valence-electron chi connectivity index (χ2n) is 8.49. The molecular weight excluding hydrogens is 574 g/mol. The van der Waals surface area contributed by atoms with Gasteiger partial charge < -0.3 is 14.2 Å². The number of esters is 1. The number of hydrogen-bond acceptors (Lipinski definition) is 7. The van der Waals surface area contributed by atoms with Gasteiger partial charge in [-0.25, -0.2) is 0 Å². The summed E-state index contributed by atoms with van der Waals surface area (Å²) < 4.78 is 18.2. The standard InChI is InChI=1S/C28H32BrNO5S2/c1-4-33-23-16-21(15-22(29)26(23)35-18-20-12-10-19(3)11-13-20)17-24-27(32)30(28(36)37-24)14-8-6-7-9-25(31)34-5-2/h10-13,15-17H,4-9,14,18H2,1-3H3/b24-17-. The molecular formula is C28H32BrNO5S2. The van der Waals surface area contributed by atoms with Crippen LogP contribution in [0.25, 0.3) is 6.08 Å². The fraction of sp³-hybridized carbons (Fsp3) is 0.393. The van der Waals surface area contributed by atoms with E-state index >= 15 is 0 Å². The summed E-state index contributed by atoms with van der Waals surface area (Å²) in [5.41, 5.74) is 3.07. The molecule has 2 aromatic carbocycles. The fourth-order valence-corrected chi connectivity index (χ4v) is 5.59. The molecule has 3 rings (SSSR count). The highest BCUT2D eigenvalue weighted by atomic mass is 79.9. The van der Waals surface area contributed by atoms with E-state index in [1.54, 1.807) is 11.8 Å². The van der Waals surface area contributed by atoms with Crippen LogP contribution in [0.1, 0.15) is 56.2 Å². The molecule has 0 saturated carbocycles.